The number of hydrogen-bond acceptors (Lipinski definition) is 2. The predicted molar refractivity (Wildman–Crippen MR) is 69.8 cm³/mol. The molecule has 0 aliphatic heterocycles. The van der Waals surface area contributed by atoms with Gasteiger partial charge in [0.15, 0.2) is 0 Å². The molecule has 1 aromatic heterocycles. The van der Waals surface area contributed by atoms with Crippen molar-refractivity contribution in [2.45, 2.75) is 19.4 Å². The molecule has 1 heterocycles. The van der Waals surface area contributed by atoms with Crippen LogP contribution in [0.3, 0.4) is 0 Å². The van der Waals surface area contributed by atoms with Crippen molar-refractivity contribution >= 4 is 26.8 Å². The Morgan fingerprint density at radius 2 is 2.06 bits per heavy atom. The molecule has 0 amide bonds. The SMILES string of the molecule is COc1cccc2c(Br)c(C(C)(C)N)[nH]c12. The Balaban J connectivity index is 2.77. The molecule has 0 unspecified atom stereocenters. The monoisotopic (exact) mass is 282 g/mol. The van der Waals surface area contributed by atoms with E-state index in [4.69, 9.17) is 10.5 Å². The quantitative estimate of drug-likeness (QED) is 0.889. The lowest BCUT2D eigenvalue weighted by Gasteiger charge is -2.17. The van der Waals surface area contributed by atoms with Gasteiger partial charge in [-0.2, -0.15) is 0 Å². The molecule has 3 nitrogen and oxygen atoms in total. The van der Waals surface area contributed by atoms with Gasteiger partial charge in [-0.25, -0.2) is 0 Å². The van der Waals surface area contributed by atoms with Crippen LogP contribution in [-0.2, 0) is 5.54 Å². The first-order chi connectivity index (χ1) is 7.45. The van der Waals surface area contributed by atoms with E-state index in [9.17, 15) is 0 Å². The first-order valence-electron chi connectivity index (χ1n) is 5.08. The molecule has 16 heavy (non-hydrogen) atoms. The smallest absolute Gasteiger partial charge is 0.142 e. The molecule has 4 heteroatoms. The zero-order valence-corrected chi connectivity index (χ0v) is 11.2. The summed E-state index contributed by atoms with van der Waals surface area (Å²) >= 11 is 3.58. The van der Waals surface area contributed by atoms with E-state index in [1.165, 1.54) is 0 Å². The van der Waals surface area contributed by atoms with Crippen molar-refractivity contribution in [3.05, 3.63) is 28.4 Å². The molecule has 0 atom stereocenters. The summed E-state index contributed by atoms with van der Waals surface area (Å²) < 4.78 is 6.32. The van der Waals surface area contributed by atoms with Crippen molar-refractivity contribution in [2.75, 3.05) is 7.11 Å². The van der Waals surface area contributed by atoms with Crippen LogP contribution in [0.4, 0.5) is 0 Å². The molecule has 0 radical (unpaired) electrons. The summed E-state index contributed by atoms with van der Waals surface area (Å²) in [5, 5.41) is 1.09. The maximum Gasteiger partial charge on any atom is 0.142 e. The van der Waals surface area contributed by atoms with Crippen LogP contribution in [0.25, 0.3) is 10.9 Å². The van der Waals surface area contributed by atoms with E-state index in [0.29, 0.717) is 0 Å². The molecule has 0 aliphatic rings. The van der Waals surface area contributed by atoms with Crippen LogP contribution in [0, 0.1) is 0 Å². The van der Waals surface area contributed by atoms with E-state index < -0.39 is 5.54 Å². The summed E-state index contributed by atoms with van der Waals surface area (Å²) in [6.45, 7) is 3.93. The van der Waals surface area contributed by atoms with Crippen molar-refractivity contribution in [3.8, 4) is 5.75 Å². The van der Waals surface area contributed by atoms with Gasteiger partial charge < -0.3 is 15.5 Å². The fourth-order valence-corrected chi connectivity index (χ4v) is 2.71. The number of nitrogens with one attached hydrogen (secondary N) is 1. The molecule has 0 fully saturated rings. The lowest BCUT2D eigenvalue weighted by Crippen LogP contribution is -2.29. The molecule has 2 aromatic rings. The molecular weight excluding hydrogens is 268 g/mol. The lowest BCUT2D eigenvalue weighted by atomic mass is 10.0. The van der Waals surface area contributed by atoms with Gasteiger partial charge in [-0.05, 0) is 35.8 Å². The molecule has 0 spiro atoms. The van der Waals surface area contributed by atoms with Crippen LogP contribution >= 0.6 is 15.9 Å². The van der Waals surface area contributed by atoms with Crippen molar-refractivity contribution in [2.24, 2.45) is 5.73 Å². The van der Waals surface area contributed by atoms with Gasteiger partial charge in [0, 0.05) is 15.6 Å². The van der Waals surface area contributed by atoms with E-state index in [0.717, 1.165) is 26.8 Å². The van der Waals surface area contributed by atoms with Gasteiger partial charge in [0.2, 0.25) is 0 Å². The molecule has 86 valence electrons. The summed E-state index contributed by atoms with van der Waals surface area (Å²) in [5.74, 6) is 0.828. The molecule has 0 bridgehead atoms. The first kappa shape index (κ1) is 11.5. The van der Waals surface area contributed by atoms with Gasteiger partial charge in [0.25, 0.3) is 0 Å². The zero-order valence-electron chi connectivity index (χ0n) is 9.60. The summed E-state index contributed by atoms with van der Waals surface area (Å²) in [5.41, 5.74) is 7.65. The van der Waals surface area contributed by atoms with E-state index in [2.05, 4.69) is 20.9 Å². The highest BCUT2D eigenvalue weighted by atomic mass is 79.9. The Hall–Kier alpha value is -1.00. The topological polar surface area (TPSA) is 51.0 Å². The second kappa shape index (κ2) is 3.79. The van der Waals surface area contributed by atoms with Crippen LogP contribution in [0.1, 0.15) is 19.5 Å². The molecule has 3 N–H and O–H groups in total. The minimum absolute atomic E-state index is 0.414. The minimum atomic E-state index is -0.414. The fraction of sp³-hybridized carbons (Fsp3) is 0.333. The number of nitrogens with two attached hydrogens (primary N) is 1. The van der Waals surface area contributed by atoms with Gasteiger partial charge in [-0.15, -0.1) is 0 Å². The third-order valence-electron chi connectivity index (χ3n) is 2.60. The largest absolute Gasteiger partial charge is 0.495 e. The number of fused-ring (bicyclic) bond motifs is 1. The van der Waals surface area contributed by atoms with Gasteiger partial charge in [0.05, 0.1) is 18.2 Å². The Bertz CT molecular complexity index is 526. The standard InChI is InChI=1S/C12H15BrN2O/c1-12(2,14)11-9(13)7-5-4-6-8(16-3)10(7)15-11/h4-6,15H,14H2,1-3H3. The van der Waals surface area contributed by atoms with Gasteiger partial charge in [-0.3, -0.25) is 0 Å². The second-order valence-corrected chi connectivity index (χ2v) is 5.21. The lowest BCUT2D eigenvalue weighted by molar-refractivity contribution is 0.418. The number of aromatic amines is 1. The van der Waals surface area contributed by atoms with Crippen molar-refractivity contribution in [1.82, 2.24) is 4.98 Å². The van der Waals surface area contributed by atoms with Crippen LogP contribution in [0.2, 0.25) is 0 Å². The van der Waals surface area contributed by atoms with Crippen LogP contribution < -0.4 is 10.5 Å². The number of ether oxygens (including phenoxy) is 1. The number of aromatic nitrogens is 1. The van der Waals surface area contributed by atoms with E-state index in [1.54, 1.807) is 7.11 Å². The number of para-hydroxylation sites is 1. The third-order valence-corrected chi connectivity index (χ3v) is 3.42. The second-order valence-electron chi connectivity index (χ2n) is 4.42. The van der Waals surface area contributed by atoms with Crippen LogP contribution in [0.15, 0.2) is 22.7 Å². The molecule has 0 saturated carbocycles. The number of benzene rings is 1. The number of hydrogen-bond donors (Lipinski definition) is 2. The van der Waals surface area contributed by atoms with E-state index in [1.807, 2.05) is 32.0 Å². The van der Waals surface area contributed by atoms with Crippen LogP contribution in [0.5, 0.6) is 5.75 Å². The average molecular weight is 283 g/mol. The predicted octanol–water partition coefficient (Wildman–Crippen LogP) is 3.13. The fourth-order valence-electron chi connectivity index (χ4n) is 1.77. The van der Waals surface area contributed by atoms with E-state index in [-0.39, 0.29) is 0 Å². The first-order valence-corrected chi connectivity index (χ1v) is 5.88. The highest BCUT2D eigenvalue weighted by Crippen LogP contribution is 2.36. The number of methoxy groups -OCH3 is 1. The summed E-state index contributed by atoms with van der Waals surface area (Å²) in [6, 6.07) is 5.93. The number of H-pyrrole nitrogens is 1. The summed E-state index contributed by atoms with van der Waals surface area (Å²) in [4.78, 5) is 3.33. The van der Waals surface area contributed by atoms with Gasteiger partial charge >= 0.3 is 0 Å². The van der Waals surface area contributed by atoms with Crippen LogP contribution in [-0.4, -0.2) is 12.1 Å². The van der Waals surface area contributed by atoms with E-state index >= 15 is 0 Å². The zero-order chi connectivity index (χ0) is 11.9. The highest BCUT2D eigenvalue weighted by Gasteiger charge is 2.22. The molecule has 2 rings (SSSR count). The Morgan fingerprint density at radius 3 is 2.62 bits per heavy atom. The van der Waals surface area contributed by atoms with Gasteiger partial charge in [-0.1, -0.05) is 12.1 Å². The number of halogens is 1. The number of rotatable bonds is 2. The maximum absolute atomic E-state index is 6.11. The highest BCUT2D eigenvalue weighted by molar-refractivity contribution is 9.10. The summed E-state index contributed by atoms with van der Waals surface area (Å²) in [6.07, 6.45) is 0. The van der Waals surface area contributed by atoms with Crippen molar-refractivity contribution < 1.29 is 4.74 Å². The Kier molecular flexibility index (Phi) is 2.72. The van der Waals surface area contributed by atoms with Gasteiger partial charge in [0.1, 0.15) is 5.75 Å². The maximum atomic E-state index is 6.11. The molecular formula is C12H15BrN2O. The Labute approximate surface area is 103 Å². The average Bonchev–Trinajstić information content (AvgIpc) is 2.56. The normalized spacial score (nSPS) is 12.1. The molecule has 0 saturated heterocycles. The third kappa shape index (κ3) is 1.72. The minimum Gasteiger partial charge on any atom is -0.495 e. The summed E-state index contributed by atoms with van der Waals surface area (Å²) in [7, 11) is 1.66. The molecule has 1 aromatic carbocycles. The van der Waals surface area contributed by atoms with Crippen molar-refractivity contribution in [3.63, 3.8) is 0 Å². The molecule has 0 aliphatic carbocycles. The Morgan fingerprint density at radius 1 is 1.38 bits per heavy atom. The van der Waals surface area contributed by atoms with Crippen molar-refractivity contribution in [1.29, 1.82) is 0 Å².